The van der Waals surface area contributed by atoms with Gasteiger partial charge in [0.05, 0.1) is 5.71 Å². The SMILES string of the molecule is CC1=CC(=NC(=O)c2cccc(Cl)c2)C=CC1=O. The van der Waals surface area contributed by atoms with Crippen molar-refractivity contribution in [2.45, 2.75) is 6.92 Å². The van der Waals surface area contributed by atoms with Crippen LogP contribution in [0.1, 0.15) is 17.3 Å². The number of benzene rings is 1. The molecule has 1 aromatic rings. The molecule has 0 bridgehead atoms. The smallest absolute Gasteiger partial charge is 0.277 e. The van der Waals surface area contributed by atoms with E-state index in [9.17, 15) is 9.59 Å². The maximum atomic E-state index is 11.9. The Morgan fingerprint density at radius 1 is 1.28 bits per heavy atom. The predicted octanol–water partition coefficient (Wildman–Crippen LogP) is 3.01. The topological polar surface area (TPSA) is 46.5 Å². The van der Waals surface area contributed by atoms with Gasteiger partial charge in [-0.25, -0.2) is 4.99 Å². The second-order valence-electron chi connectivity index (χ2n) is 3.88. The number of nitrogens with zero attached hydrogens (tertiary/aromatic N) is 1. The first-order valence-corrected chi connectivity index (χ1v) is 5.73. The Balaban J connectivity index is 2.27. The molecule has 0 aliphatic heterocycles. The predicted molar refractivity (Wildman–Crippen MR) is 71.1 cm³/mol. The van der Waals surface area contributed by atoms with E-state index in [1.54, 1.807) is 37.3 Å². The second-order valence-corrected chi connectivity index (χ2v) is 4.31. The van der Waals surface area contributed by atoms with E-state index in [0.717, 1.165) is 0 Å². The molecule has 0 unspecified atom stereocenters. The lowest BCUT2D eigenvalue weighted by atomic mass is 10.1. The van der Waals surface area contributed by atoms with E-state index in [4.69, 9.17) is 11.6 Å². The molecule has 0 radical (unpaired) electrons. The minimum Gasteiger partial charge on any atom is -0.290 e. The summed E-state index contributed by atoms with van der Waals surface area (Å²) in [6, 6.07) is 6.58. The third kappa shape index (κ3) is 2.81. The van der Waals surface area contributed by atoms with Gasteiger partial charge in [0.2, 0.25) is 0 Å². The molecule has 0 fully saturated rings. The number of rotatable bonds is 1. The normalized spacial score (nSPS) is 16.9. The van der Waals surface area contributed by atoms with Gasteiger partial charge < -0.3 is 0 Å². The van der Waals surface area contributed by atoms with Gasteiger partial charge in [0.25, 0.3) is 5.91 Å². The fraction of sp³-hybridized carbons (Fsp3) is 0.0714. The summed E-state index contributed by atoms with van der Waals surface area (Å²) in [4.78, 5) is 27.0. The third-order valence-electron chi connectivity index (χ3n) is 2.46. The van der Waals surface area contributed by atoms with Gasteiger partial charge in [0.1, 0.15) is 0 Å². The average Bonchev–Trinajstić information content (AvgIpc) is 2.34. The van der Waals surface area contributed by atoms with Crippen molar-refractivity contribution < 1.29 is 9.59 Å². The highest BCUT2D eigenvalue weighted by atomic mass is 35.5. The third-order valence-corrected chi connectivity index (χ3v) is 2.70. The summed E-state index contributed by atoms with van der Waals surface area (Å²) in [6.07, 6.45) is 4.52. The van der Waals surface area contributed by atoms with Crippen LogP contribution >= 0.6 is 11.6 Å². The molecule has 3 nitrogen and oxygen atoms in total. The molecule has 1 aromatic carbocycles. The van der Waals surface area contributed by atoms with Gasteiger partial charge in [-0.3, -0.25) is 9.59 Å². The van der Waals surface area contributed by atoms with Crippen LogP contribution < -0.4 is 0 Å². The first-order valence-electron chi connectivity index (χ1n) is 5.35. The summed E-state index contributed by atoms with van der Waals surface area (Å²) in [6.45, 7) is 1.69. The maximum absolute atomic E-state index is 11.9. The van der Waals surface area contributed by atoms with Crippen LogP contribution in [-0.4, -0.2) is 17.4 Å². The first kappa shape index (κ1) is 12.5. The number of allylic oxidation sites excluding steroid dienone is 4. The molecule has 0 heterocycles. The fourth-order valence-electron chi connectivity index (χ4n) is 1.51. The van der Waals surface area contributed by atoms with Crippen molar-refractivity contribution in [3.63, 3.8) is 0 Å². The minimum atomic E-state index is -0.379. The number of amides is 1. The highest BCUT2D eigenvalue weighted by molar-refractivity contribution is 6.31. The average molecular weight is 260 g/mol. The Kier molecular flexibility index (Phi) is 3.53. The molecule has 4 heteroatoms. The van der Waals surface area contributed by atoms with E-state index in [-0.39, 0.29) is 11.7 Å². The van der Waals surface area contributed by atoms with Crippen molar-refractivity contribution in [1.82, 2.24) is 0 Å². The van der Waals surface area contributed by atoms with Gasteiger partial charge in [0.15, 0.2) is 5.78 Å². The van der Waals surface area contributed by atoms with Crippen LogP contribution in [0.15, 0.2) is 53.1 Å². The van der Waals surface area contributed by atoms with Crippen molar-refractivity contribution in [1.29, 1.82) is 0 Å². The molecule has 1 aliphatic carbocycles. The Morgan fingerprint density at radius 2 is 2.06 bits per heavy atom. The number of ketones is 1. The van der Waals surface area contributed by atoms with Crippen LogP contribution in [-0.2, 0) is 4.79 Å². The molecule has 0 aromatic heterocycles. The van der Waals surface area contributed by atoms with E-state index in [0.29, 0.717) is 21.9 Å². The molecule has 90 valence electrons. The molecular weight excluding hydrogens is 250 g/mol. The summed E-state index contributed by atoms with van der Waals surface area (Å²) >= 11 is 5.80. The van der Waals surface area contributed by atoms with Crippen molar-refractivity contribution in [2.24, 2.45) is 4.99 Å². The number of aliphatic imine (C=N–C) groups is 1. The lowest BCUT2D eigenvalue weighted by Crippen LogP contribution is -2.07. The van der Waals surface area contributed by atoms with Crippen molar-refractivity contribution in [2.75, 3.05) is 0 Å². The van der Waals surface area contributed by atoms with Crippen molar-refractivity contribution in [3.05, 3.63) is 58.7 Å². The number of hydrogen-bond acceptors (Lipinski definition) is 2. The molecule has 0 spiro atoms. The van der Waals surface area contributed by atoms with Crippen LogP contribution in [0.2, 0.25) is 5.02 Å². The van der Waals surface area contributed by atoms with Crippen LogP contribution in [0, 0.1) is 0 Å². The molecule has 0 saturated heterocycles. The van der Waals surface area contributed by atoms with Crippen LogP contribution in [0.25, 0.3) is 0 Å². The Bertz CT molecular complexity index is 612. The first-order chi connectivity index (χ1) is 8.56. The fourth-order valence-corrected chi connectivity index (χ4v) is 1.70. The summed E-state index contributed by atoms with van der Waals surface area (Å²) in [5, 5.41) is 0.488. The van der Waals surface area contributed by atoms with E-state index in [1.807, 2.05) is 0 Å². The summed E-state index contributed by atoms with van der Waals surface area (Å²) < 4.78 is 0. The zero-order valence-corrected chi connectivity index (χ0v) is 10.4. The van der Waals surface area contributed by atoms with E-state index in [2.05, 4.69) is 4.99 Å². The summed E-state index contributed by atoms with van der Waals surface area (Å²) in [5.74, 6) is -0.445. The van der Waals surface area contributed by atoms with E-state index < -0.39 is 0 Å². The number of carbonyl (C=O) groups excluding carboxylic acids is 2. The van der Waals surface area contributed by atoms with Crippen LogP contribution in [0.3, 0.4) is 0 Å². The van der Waals surface area contributed by atoms with E-state index >= 15 is 0 Å². The number of halogens is 1. The van der Waals surface area contributed by atoms with Crippen LogP contribution in [0.4, 0.5) is 0 Å². The Morgan fingerprint density at radius 3 is 2.72 bits per heavy atom. The zero-order valence-electron chi connectivity index (χ0n) is 9.68. The molecular formula is C14H10ClNO2. The molecule has 1 amide bonds. The lowest BCUT2D eigenvalue weighted by Gasteiger charge is -2.03. The van der Waals surface area contributed by atoms with Crippen LogP contribution in [0.5, 0.6) is 0 Å². The minimum absolute atomic E-state index is 0.0656. The lowest BCUT2D eigenvalue weighted by molar-refractivity contribution is -0.111. The standard InChI is InChI=1S/C14H10ClNO2/c1-9-7-12(5-6-13(9)17)16-14(18)10-3-2-4-11(15)8-10/h2-8H,1H3. The molecule has 0 N–H and O–H groups in total. The van der Waals surface area contributed by atoms with E-state index in [1.165, 1.54) is 12.2 Å². The van der Waals surface area contributed by atoms with Gasteiger partial charge in [-0.05, 0) is 48.9 Å². The molecule has 0 atom stereocenters. The van der Waals surface area contributed by atoms with Gasteiger partial charge in [0, 0.05) is 10.6 Å². The highest BCUT2D eigenvalue weighted by Gasteiger charge is 2.10. The molecule has 2 rings (SSSR count). The summed E-state index contributed by atoms with van der Waals surface area (Å²) in [7, 11) is 0. The Labute approximate surface area is 109 Å². The maximum Gasteiger partial charge on any atom is 0.277 e. The summed E-state index contributed by atoms with van der Waals surface area (Å²) in [5.41, 5.74) is 1.46. The van der Waals surface area contributed by atoms with Gasteiger partial charge in [-0.15, -0.1) is 0 Å². The van der Waals surface area contributed by atoms with Gasteiger partial charge in [-0.1, -0.05) is 17.7 Å². The molecule has 1 aliphatic rings. The molecule has 18 heavy (non-hydrogen) atoms. The van der Waals surface area contributed by atoms with Crippen molar-refractivity contribution >= 4 is 29.0 Å². The van der Waals surface area contributed by atoms with Gasteiger partial charge >= 0.3 is 0 Å². The zero-order chi connectivity index (χ0) is 13.1. The largest absolute Gasteiger partial charge is 0.290 e. The van der Waals surface area contributed by atoms with Crippen molar-refractivity contribution in [3.8, 4) is 0 Å². The second kappa shape index (κ2) is 5.10. The molecule has 0 saturated carbocycles. The quantitative estimate of drug-likeness (QED) is 0.728. The number of carbonyl (C=O) groups is 2. The van der Waals surface area contributed by atoms with Gasteiger partial charge in [-0.2, -0.15) is 0 Å². The monoisotopic (exact) mass is 259 g/mol. The Hall–Kier alpha value is -2.00. The number of hydrogen-bond donors (Lipinski definition) is 0. The highest BCUT2D eigenvalue weighted by Crippen LogP contribution is 2.12.